The molecule has 0 aromatic heterocycles. The number of benzene rings is 1. The molecule has 1 N–H and O–H groups in total. The van der Waals surface area contributed by atoms with Crippen LogP contribution in [-0.4, -0.2) is 17.6 Å². The van der Waals surface area contributed by atoms with Crippen molar-refractivity contribution >= 4 is 11.6 Å². The number of carbonyl (C=O) groups excluding carboxylic acids is 1. The lowest BCUT2D eigenvalue weighted by Gasteiger charge is -2.14. The van der Waals surface area contributed by atoms with Crippen LogP contribution in [0.1, 0.15) is 18.1 Å². The topological polar surface area (TPSA) is 40.5 Å². The Morgan fingerprint density at radius 1 is 1.50 bits per heavy atom. The van der Waals surface area contributed by atoms with E-state index in [9.17, 15) is 9.90 Å². The number of rotatable bonds is 1. The molecule has 3 heteroatoms. The summed E-state index contributed by atoms with van der Waals surface area (Å²) in [7, 11) is 0. The molecule has 0 unspecified atom stereocenters. The van der Waals surface area contributed by atoms with Crippen LogP contribution in [0.5, 0.6) is 5.75 Å². The fourth-order valence-corrected chi connectivity index (χ4v) is 1.93. The van der Waals surface area contributed by atoms with Gasteiger partial charge in [-0.3, -0.25) is 4.79 Å². The molecule has 0 atom stereocenters. The second-order valence-corrected chi connectivity index (χ2v) is 3.52. The molecule has 74 valence electrons. The van der Waals surface area contributed by atoms with Crippen molar-refractivity contribution in [2.24, 2.45) is 0 Å². The summed E-state index contributed by atoms with van der Waals surface area (Å²) in [6.45, 7) is 4.49. The molecule has 0 fully saturated rings. The van der Waals surface area contributed by atoms with Gasteiger partial charge in [0.2, 0.25) is 5.91 Å². The molecule has 1 aromatic carbocycles. The van der Waals surface area contributed by atoms with Crippen molar-refractivity contribution in [3.05, 3.63) is 23.3 Å². The lowest BCUT2D eigenvalue weighted by molar-refractivity contribution is -0.117. The predicted molar refractivity (Wildman–Crippen MR) is 54.6 cm³/mol. The number of likely N-dealkylation sites (N-methyl/N-ethyl adjacent to an activating group) is 1. The van der Waals surface area contributed by atoms with Crippen molar-refractivity contribution in [3.8, 4) is 5.75 Å². The Balaban J connectivity index is 2.57. The zero-order valence-electron chi connectivity index (χ0n) is 8.37. The Morgan fingerprint density at radius 3 is 2.86 bits per heavy atom. The number of fused-ring (bicyclic) bond motifs is 1. The van der Waals surface area contributed by atoms with E-state index in [1.165, 1.54) is 0 Å². The summed E-state index contributed by atoms with van der Waals surface area (Å²) in [5.74, 6) is 0.394. The quantitative estimate of drug-likeness (QED) is 0.732. The summed E-state index contributed by atoms with van der Waals surface area (Å²) in [5.41, 5.74) is 2.75. The van der Waals surface area contributed by atoms with Crippen molar-refractivity contribution in [1.29, 1.82) is 0 Å². The monoisotopic (exact) mass is 191 g/mol. The summed E-state index contributed by atoms with van der Waals surface area (Å²) in [5, 5.41) is 9.50. The van der Waals surface area contributed by atoms with E-state index in [1.807, 2.05) is 19.9 Å². The first-order chi connectivity index (χ1) is 6.65. The van der Waals surface area contributed by atoms with Gasteiger partial charge in [-0.2, -0.15) is 0 Å². The number of carbonyl (C=O) groups is 1. The molecule has 0 aliphatic carbocycles. The maximum atomic E-state index is 11.6. The number of phenolic OH excluding ortho intramolecular Hbond substituents is 1. The van der Waals surface area contributed by atoms with E-state index in [1.54, 1.807) is 11.0 Å². The van der Waals surface area contributed by atoms with Gasteiger partial charge in [0.1, 0.15) is 5.75 Å². The second-order valence-electron chi connectivity index (χ2n) is 3.52. The highest BCUT2D eigenvalue weighted by atomic mass is 16.3. The maximum Gasteiger partial charge on any atom is 0.231 e. The van der Waals surface area contributed by atoms with Crippen molar-refractivity contribution in [2.45, 2.75) is 20.3 Å². The van der Waals surface area contributed by atoms with E-state index in [4.69, 9.17) is 0 Å². The van der Waals surface area contributed by atoms with Crippen LogP contribution in [0, 0.1) is 6.92 Å². The Bertz CT molecular complexity index is 399. The van der Waals surface area contributed by atoms with Crippen molar-refractivity contribution in [2.75, 3.05) is 11.4 Å². The van der Waals surface area contributed by atoms with Crippen molar-refractivity contribution in [1.82, 2.24) is 0 Å². The highest BCUT2D eigenvalue weighted by Gasteiger charge is 2.27. The molecule has 14 heavy (non-hydrogen) atoms. The molecule has 0 radical (unpaired) electrons. The average Bonchev–Trinajstić information content (AvgIpc) is 2.49. The van der Waals surface area contributed by atoms with Crippen LogP contribution < -0.4 is 4.90 Å². The molecule has 3 nitrogen and oxygen atoms in total. The lowest BCUT2D eigenvalue weighted by atomic mass is 10.1. The molecule has 0 bridgehead atoms. The number of amides is 1. The van der Waals surface area contributed by atoms with Gasteiger partial charge >= 0.3 is 0 Å². The third-order valence-electron chi connectivity index (χ3n) is 2.78. The molecule has 1 aliphatic rings. The second kappa shape index (κ2) is 3.01. The number of nitrogens with zero attached hydrogens (tertiary/aromatic N) is 1. The Kier molecular flexibility index (Phi) is 1.95. The molecule has 0 spiro atoms. The van der Waals surface area contributed by atoms with E-state index in [-0.39, 0.29) is 11.7 Å². The third kappa shape index (κ3) is 1.09. The van der Waals surface area contributed by atoms with E-state index in [2.05, 4.69) is 0 Å². The van der Waals surface area contributed by atoms with Gasteiger partial charge in [0.05, 0.1) is 6.42 Å². The Labute approximate surface area is 83.0 Å². The molecule has 1 aromatic rings. The zero-order chi connectivity index (χ0) is 10.3. The van der Waals surface area contributed by atoms with Crippen LogP contribution in [0.4, 0.5) is 5.69 Å². The summed E-state index contributed by atoms with van der Waals surface area (Å²) in [6, 6.07) is 3.46. The first-order valence-electron chi connectivity index (χ1n) is 4.77. The van der Waals surface area contributed by atoms with Gasteiger partial charge in [0.15, 0.2) is 0 Å². The van der Waals surface area contributed by atoms with Gasteiger partial charge in [-0.15, -0.1) is 0 Å². The smallest absolute Gasteiger partial charge is 0.231 e. The lowest BCUT2D eigenvalue weighted by Crippen LogP contribution is -2.25. The summed E-state index contributed by atoms with van der Waals surface area (Å²) in [4.78, 5) is 13.3. The first-order valence-corrected chi connectivity index (χ1v) is 4.77. The van der Waals surface area contributed by atoms with Gasteiger partial charge in [0.25, 0.3) is 0 Å². The van der Waals surface area contributed by atoms with Crippen LogP contribution in [0.3, 0.4) is 0 Å². The van der Waals surface area contributed by atoms with Crippen LogP contribution in [0.15, 0.2) is 12.1 Å². The molecular formula is C11H13NO2. The van der Waals surface area contributed by atoms with E-state index < -0.39 is 0 Å². The highest BCUT2D eigenvalue weighted by molar-refractivity contribution is 6.02. The molecule has 1 aliphatic heterocycles. The summed E-state index contributed by atoms with van der Waals surface area (Å²) in [6.07, 6.45) is 0.420. The fourth-order valence-electron chi connectivity index (χ4n) is 1.93. The average molecular weight is 191 g/mol. The van der Waals surface area contributed by atoms with Crippen LogP contribution in [0.2, 0.25) is 0 Å². The standard InChI is InChI=1S/C11H13NO2/c1-3-12-9-4-5-10(13)7(2)8(9)6-11(12)14/h4-5,13H,3,6H2,1-2H3. The van der Waals surface area contributed by atoms with Gasteiger partial charge in [-0.1, -0.05) is 0 Å². The number of anilines is 1. The number of phenols is 1. The van der Waals surface area contributed by atoms with Gasteiger partial charge in [0, 0.05) is 12.2 Å². The molecule has 2 rings (SSSR count). The van der Waals surface area contributed by atoms with Gasteiger partial charge in [-0.05, 0) is 37.1 Å². The van der Waals surface area contributed by atoms with E-state index in [0.717, 1.165) is 16.8 Å². The van der Waals surface area contributed by atoms with Gasteiger partial charge in [-0.25, -0.2) is 0 Å². The van der Waals surface area contributed by atoms with Crippen LogP contribution >= 0.6 is 0 Å². The molecule has 0 saturated heterocycles. The van der Waals surface area contributed by atoms with Crippen LogP contribution in [0.25, 0.3) is 0 Å². The first kappa shape index (κ1) is 9.06. The van der Waals surface area contributed by atoms with E-state index >= 15 is 0 Å². The van der Waals surface area contributed by atoms with Crippen molar-refractivity contribution in [3.63, 3.8) is 0 Å². The highest BCUT2D eigenvalue weighted by Crippen LogP contribution is 2.35. The normalized spacial score (nSPS) is 14.7. The number of aromatic hydroxyl groups is 1. The molecule has 1 amide bonds. The van der Waals surface area contributed by atoms with Crippen LogP contribution in [-0.2, 0) is 11.2 Å². The Hall–Kier alpha value is -1.51. The minimum absolute atomic E-state index is 0.121. The van der Waals surface area contributed by atoms with Gasteiger partial charge < -0.3 is 10.0 Å². The molecular weight excluding hydrogens is 178 g/mol. The summed E-state index contributed by atoms with van der Waals surface area (Å²) < 4.78 is 0. The zero-order valence-corrected chi connectivity index (χ0v) is 8.37. The maximum absolute atomic E-state index is 11.6. The molecule has 1 heterocycles. The number of hydrogen-bond acceptors (Lipinski definition) is 2. The van der Waals surface area contributed by atoms with Crippen molar-refractivity contribution < 1.29 is 9.90 Å². The van der Waals surface area contributed by atoms with E-state index in [0.29, 0.717) is 13.0 Å². The summed E-state index contributed by atoms with van der Waals surface area (Å²) >= 11 is 0. The third-order valence-corrected chi connectivity index (χ3v) is 2.78. The minimum Gasteiger partial charge on any atom is -0.508 e. The largest absolute Gasteiger partial charge is 0.508 e. The predicted octanol–water partition coefficient (Wildman–Crippen LogP) is 1.61. The fraction of sp³-hybridized carbons (Fsp3) is 0.364. The minimum atomic E-state index is 0.121. The Morgan fingerprint density at radius 2 is 2.21 bits per heavy atom. The number of hydrogen-bond donors (Lipinski definition) is 1. The molecule has 0 saturated carbocycles. The SMILES string of the molecule is CCN1C(=O)Cc2c1ccc(O)c2C.